The maximum atomic E-state index is 4.39. The Morgan fingerprint density at radius 3 is 2.60 bits per heavy atom. The zero-order chi connectivity index (χ0) is 10.8. The van der Waals surface area contributed by atoms with E-state index in [0.717, 1.165) is 10.4 Å². The topological polar surface area (TPSA) is 31.9 Å². The smallest absolute Gasteiger partial charge is 0.110 e. The molecule has 1 aromatic rings. The summed E-state index contributed by atoms with van der Waals surface area (Å²) < 4.78 is 0.990. The van der Waals surface area contributed by atoms with Crippen molar-refractivity contribution in [1.82, 2.24) is 14.9 Å². The third-order valence-corrected chi connectivity index (χ3v) is 3.61. The molecule has 2 heterocycles. The summed E-state index contributed by atoms with van der Waals surface area (Å²) >= 11 is 3.41. The molecule has 0 unspecified atom stereocenters. The lowest BCUT2D eigenvalue weighted by Crippen LogP contribution is -2.38. The van der Waals surface area contributed by atoms with Gasteiger partial charge in [0.15, 0.2) is 0 Å². The van der Waals surface area contributed by atoms with Crippen molar-refractivity contribution in [1.29, 1.82) is 0 Å². The van der Waals surface area contributed by atoms with E-state index in [2.05, 4.69) is 44.6 Å². The number of rotatable bonds is 2. The molecule has 0 aromatic carbocycles. The van der Waals surface area contributed by atoms with Gasteiger partial charge in [0.25, 0.3) is 0 Å². The van der Waals surface area contributed by atoms with E-state index in [9.17, 15) is 0 Å². The van der Waals surface area contributed by atoms with Gasteiger partial charge >= 0.3 is 0 Å². The number of nitrogens with one attached hydrogen (secondary N) is 1. The monoisotopic (exact) mass is 271 g/mol. The first-order valence-corrected chi connectivity index (χ1v) is 6.40. The molecule has 1 aliphatic heterocycles. The van der Waals surface area contributed by atoms with Crippen LogP contribution in [-0.2, 0) is 0 Å². The minimum absolute atomic E-state index is 0.617. The minimum atomic E-state index is 0.617. The molecule has 1 fully saturated rings. The average molecular weight is 272 g/mol. The molecular weight excluding hydrogens is 254 g/mol. The van der Waals surface area contributed by atoms with Gasteiger partial charge in [-0.2, -0.15) is 0 Å². The Labute approximate surface area is 99.4 Å². The average Bonchev–Trinajstić information content (AvgIpc) is 2.65. The molecule has 0 spiro atoms. The highest BCUT2D eigenvalue weighted by Gasteiger charge is 2.23. The molecule has 84 valence electrons. The van der Waals surface area contributed by atoms with Crippen LogP contribution in [0.3, 0.4) is 0 Å². The van der Waals surface area contributed by atoms with E-state index in [1.807, 2.05) is 6.20 Å². The van der Waals surface area contributed by atoms with Crippen LogP contribution in [-0.4, -0.2) is 34.0 Å². The Hall–Kier alpha value is -0.350. The van der Waals surface area contributed by atoms with Gasteiger partial charge in [0.05, 0.1) is 6.20 Å². The second kappa shape index (κ2) is 4.66. The predicted molar refractivity (Wildman–Crippen MR) is 65.0 cm³/mol. The van der Waals surface area contributed by atoms with Gasteiger partial charge in [0.2, 0.25) is 0 Å². The zero-order valence-corrected chi connectivity index (χ0v) is 10.9. The summed E-state index contributed by atoms with van der Waals surface area (Å²) in [4.78, 5) is 10.2. The maximum absolute atomic E-state index is 4.39. The molecule has 0 atom stereocenters. The van der Waals surface area contributed by atoms with Crippen molar-refractivity contribution in [3.05, 3.63) is 16.6 Å². The van der Waals surface area contributed by atoms with Gasteiger partial charge in [0.1, 0.15) is 10.4 Å². The van der Waals surface area contributed by atoms with Crippen LogP contribution in [0.2, 0.25) is 0 Å². The number of hydrogen-bond acceptors (Lipinski definition) is 2. The highest BCUT2D eigenvalue weighted by molar-refractivity contribution is 9.10. The van der Waals surface area contributed by atoms with Crippen LogP contribution in [0.15, 0.2) is 10.8 Å². The SMILES string of the molecule is CC(C)N1CCC(c2ncc(Br)[nH]2)CC1. The summed E-state index contributed by atoms with van der Waals surface area (Å²) in [5.41, 5.74) is 0. The standard InChI is InChI=1S/C11H18BrN3/c1-8(2)15-5-3-9(4-6-15)11-13-7-10(12)14-11/h7-9H,3-6H2,1-2H3,(H,13,14). The highest BCUT2D eigenvalue weighted by Crippen LogP contribution is 2.27. The Balaban J connectivity index is 1.93. The first kappa shape index (κ1) is 11.1. The maximum Gasteiger partial charge on any atom is 0.110 e. The number of imidazole rings is 1. The molecule has 1 aromatic heterocycles. The molecule has 0 amide bonds. The second-order valence-corrected chi connectivity index (χ2v) is 5.37. The van der Waals surface area contributed by atoms with Gasteiger partial charge in [-0.25, -0.2) is 4.98 Å². The molecule has 2 rings (SSSR count). The van der Waals surface area contributed by atoms with Crippen LogP contribution in [0.5, 0.6) is 0 Å². The van der Waals surface area contributed by atoms with Crippen LogP contribution in [0.25, 0.3) is 0 Å². The Kier molecular flexibility index (Phi) is 3.46. The number of aromatic amines is 1. The van der Waals surface area contributed by atoms with Crippen molar-refractivity contribution >= 4 is 15.9 Å². The van der Waals surface area contributed by atoms with Crippen molar-refractivity contribution in [2.24, 2.45) is 0 Å². The van der Waals surface area contributed by atoms with E-state index >= 15 is 0 Å². The highest BCUT2D eigenvalue weighted by atomic mass is 79.9. The number of aromatic nitrogens is 2. The predicted octanol–water partition coefficient (Wildman–Crippen LogP) is 2.76. The number of likely N-dealkylation sites (tertiary alicyclic amines) is 1. The summed E-state index contributed by atoms with van der Waals surface area (Å²) in [5, 5.41) is 0. The fraction of sp³-hybridized carbons (Fsp3) is 0.727. The summed E-state index contributed by atoms with van der Waals surface area (Å²) in [5.74, 6) is 1.76. The summed E-state index contributed by atoms with van der Waals surface area (Å²) in [6.07, 6.45) is 4.29. The molecule has 1 N–H and O–H groups in total. The molecule has 0 radical (unpaired) electrons. The molecule has 0 aliphatic carbocycles. The largest absolute Gasteiger partial charge is 0.337 e. The van der Waals surface area contributed by atoms with E-state index in [-0.39, 0.29) is 0 Å². The van der Waals surface area contributed by atoms with Gasteiger partial charge in [-0.05, 0) is 55.7 Å². The molecule has 0 bridgehead atoms. The molecule has 4 heteroatoms. The van der Waals surface area contributed by atoms with Gasteiger partial charge in [-0.3, -0.25) is 0 Å². The summed E-state index contributed by atoms with van der Waals surface area (Å²) in [6, 6.07) is 0.675. The number of nitrogens with zero attached hydrogens (tertiary/aromatic N) is 2. The Morgan fingerprint density at radius 1 is 1.47 bits per heavy atom. The Bertz CT molecular complexity index is 313. The van der Waals surface area contributed by atoms with Crippen molar-refractivity contribution in [2.75, 3.05) is 13.1 Å². The summed E-state index contributed by atoms with van der Waals surface area (Å²) in [6.45, 7) is 6.93. The molecule has 1 aliphatic rings. The first-order chi connectivity index (χ1) is 7.16. The molecule has 0 saturated carbocycles. The Morgan fingerprint density at radius 2 is 2.13 bits per heavy atom. The first-order valence-electron chi connectivity index (χ1n) is 5.61. The summed E-state index contributed by atoms with van der Waals surface area (Å²) in [7, 11) is 0. The molecular formula is C11H18BrN3. The molecule has 3 nitrogen and oxygen atoms in total. The van der Waals surface area contributed by atoms with Crippen molar-refractivity contribution in [3.8, 4) is 0 Å². The van der Waals surface area contributed by atoms with E-state index in [0.29, 0.717) is 12.0 Å². The van der Waals surface area contributed by atoms with E-state index in [1.165, 1.54) is 25.9 Å². The third kappa shape index (κ3) is 2.61. The van der Waals surface area contributed by atoms with E-state index < -0.39 is 0 Å². The van der Waals surface area contributed by atoms with Gasteiger partial charge in [0, 0.05) is 12.0 Å². The van der Waals surface area contributed by atoms with Crippen molar-refractivity contribution in [3.63, 3.8) is 0 Å². The lowest BCUT2D eigenvalue weighted by atomic mass is 9.95. The van der Waals surface area contributed by atoms with Crippen LogP contribution in [0.1, 0.15) is 38.4 Å². The molecule has 1 saturated heterocycles. The van der Waals surface area contributed by atoms with Crippen molar-refractivity contribution < 1.29 is 0 Å². The van der Waals surface area contributed by atoms with Crippen LogP contribution in [0, 0.1) is 0 Å². The zero-order valence-electron chi connectivity index (χ0n) is 9.33. The number of H-pyrrole nitrogens is 1. The minimum Gasteiger partial charge on any atom is -0.337 e. The van der Waals surface area contributed by atoms with Crippen LogP contribution in [0.4, 0.5) is 0 Å². The van der Waals surface area contributed by atoms with Crippen LogP contribution < -0.4 is 0 Å². The molecule has 15 heavy (non-hydrogen) atoms. The second-order valence-electron chi connectivity index (χ2n) is 4.52. The quantitative estimate of drug-likeness (QED) is 0.897. The van der Waals surface area contributed by atoms with E-state index in [4.69, 9.17) is 0 Å². The lowest BCUT2D eigenvalue weighted by molar-refractivity contribution is 0.170. The van der Waals surface area contributed by atoms with Gasteiger partial charge in [-0.1, -0.05) is 0 Å². The fourth-order valence-corrected chi connectivity index (χ4v) is 2.52. The number of piperidine rings is 1. The van der Waals surface area contributed by atoms with Crippen LogP contribution >= 0.6 is 15.9 Å². The lowest BCUT2D eigenvalue weighted by Gasteiger charge is -2.33. The van der Waals surface area contributed by atoms with E-state index in [1.54, 1.807) is 0 Å². The number of halogens is 1. The van der Waals surface area contributed by atoms with Gasteiger partial charge in [-0.15, -0.1) is 0 Å². The third-order valence-electron chi connectivity index (χ3n) is 3.21. The fourth-order valence-electron chi connectivity index (χ4n) is 2.21. The van der Waals surface area contributed by atoms with Gasteiger partial charge < -0.3 is 9.88 Å². The normalized spacial score (nSPS) is 20.0. The van der Waals surface area contributed by atoms with Crippen molar-refractivity contribution in [2.45, 2.75) is 38.6 Å². The number of hydrogen-bond donors (Lipinski definition) is 1.